The molecule has 0 aromatic heterocycles. The summed E-state index contributed by atoms with van der Waals surface area (Å²) in [7, 11) is 5.76. The van der Waals surface area contributed by atoms with Crippen LogP contribution in [0.2, 0.25) is 0 Å². The smallest absolute Gasteiger partial charge is 0.0296 e. The standard InChI is InChI=1S/C14H16S3/c1-3-7-13(8-4-1)11-15-17-16-12-14-9-5-2-6-10-14/h1,3-5,7-10H,2,6,11-12H2. The average molecular weight is 280 g/mol. The Labute approximate surface area is 115 Å². The Bertz CT molecular complexity index is 382. The van der Waals surface area contributed by atoms with Gasteiger partial charge in [0.2, 0.25) is 0 Å². The molecule has 1 aliphatic rings. The number of hydrogen-bond donors (Lipinski definition) is 0. The number of allylic oxidation sites excluding steroid dienone is 3. The Morgan fingerprint density at radius 1 is 0.941 bits per heavy atom. The van der Waals surface area contributed by atoms with Crippen molar-refractivity contribution in [2.75, 3.05) is 5.75 Å². The largest absolute Gasteiger partial charge is 0.0839 e. The van der Waals surface area contributed by atoms with Crippen molar-refractivity contribution >= 4 is 31.4 Å². The van der Waals surface area contributed by atoms with Gasteiger partial charge in [0, 0.05) is 11.5 Å². The molecule has 0 heterocycles. The minimum Gasteiger partial charge on any atom is -0.0839 e. The van der Waals surface area contributed by atoms with Crippen molar-refractivity contribution in [1.82, 2.24) is 0 Å². The van der Waals surface area contributed by atoms with E-state index in [-0.39, 0.29) is 0 Å². The summed E-state index contributed by atoms with van der Waals surface area (Å²) >= 11 is 0. The van der Waals surface area contributed by atoms with Crippen molar-refractivity contribution < 1.29 is 0 Å². The second kappa shape index (κ2) is 7.96. The summed E-state index contributed by atoms with van der Waals surface area (Å²) in [6, 6.07) is 10.6. The molecule has 0 spiro atoms. The van der Waals surface area contributed by atoms with Crippen LogP contribution in [0.3, 0.4) is 0 Å². The van der Waals surface area contributed by atoms with Gasteiger partial charge >= 0.3 is 0 Å². The third kappa shape index (κ3) is 5.28. The minimum atomic E-state index is 1.09. The van der Waals surface area contributed by atoms with E-state index in [4.69, 9.17) is 0 Å². The van der Waals surface area contributed by atoms with Gasteiger partial charge in [0.15, 0.2) is 0 Å². The quantitative estimate of drug-likeness (QED) is 0.499. The minimum absolute atomic E-state index is 1.09. The Balaban J connectivity index is 1.58. The lowest BCUT2D eigenvalue weighted by molar-refractivity contribution is 1.02. The lowest BCUT2D eigenvalue weighted by Gasteiger charge is -2.05. The zero-order chi connectivity index (χ0) is 11.8. The van der Waals surface area contributed by atoms with Crippen LogP contribution in [0.4, 0.5) is 0 Å². The van der Waals surface area contributed by atoms with Gasteiger partial charge in [-0.2, -0.15) is 0 Å². The maximum atomic E-state index is 2.36. The molecule has 0 radical (unpaired) electrons. The molecule has 0 amide bonds. The molecule has 0 unspecified atom stereocenters. The van der Waals surface area contributed by atoms with E-state index < -0.39 is 0 Å². The first-order valence-corrected chi connectivity index (χ1v) is 9.58. The van der Waals surface area contributed by atoms with Crippen molar-refractivity contribution in [3.8, 4) is 0 Å². The predicted octanol–water partition coefficient (Wildman–Crippen LogP) is 5.49. The van der Waals surface area contributed by atoms with Gasteiger partial charge in [0.1, 0.15) is 0 Å². The monoisotopic (exact) mass is 280 g/mol. The van der Waals surface area contributed by atoms with Gasteiger partial charge in [-0.3, -0.25) is 0 Å². The van der Waals surface area contributed by atoms with E-state index in [0.29, 0.717) is 0 Å². The Morgan fingerprint density at radius 3 is 2.53 bits per heavy atom. The van der Waals surface area contributed by atoms with Gasteiger partial charge in [-0.05, 0) is 33.8 Å². The van der Waals surface area contributed by atoms with Gasteiger partial charge in [0.25, 0.3) is 0 Å². The fourth-order valence-corrected chi connectivity index (χ4v) is 5.20. The second-order valence-corrected chi connectivity index (χ2v) is 8.07. The fraction of sp³-hybridized carbons (Fsp3) is 0.286. The van der Waals surface area contributed by atoms with E-state index in [1.54, 1.807) is 0 Å². The number of benzene rings is 1. The Morgan fingerprint density at radius 2 is 1.76 bits per heavy atom. The Hall–Kier alpha value is -0.250. The molecule has 1 aromatic carbocycles. The number of rotatable bonds is 6. The van der Waals surface area contributed by atoms with E-state index >= 15 is 0 Å². The lowest BCUT2D eigenvalue weighted by atomic mass is 10.1. The van der Waals surface area contributed by atoms with Gasteiger partial charge < -0.3 is 0 Å². The van der Waals surface area contributed by atoms with Crippen molar-refractivity contribution in [2.45, 2.75) is 18.6 Å². The van der Waals surface area contributed by atoms with Crippen LogP contribution in [0, 0.1) is 0 Å². The molecule has 0 bridgehead atoms. The molecule has 0 aliphatic heterocycles. The molecule has 0 fully saturated rings. The Kier molecular flexibility index (Phi) is 6.17. The van der Waals surface area contributed by atoms with E-state index in [2.05, 4.69) is 48.6 Å². The summed E-state index contributed by atoms with van der Waals surface area (Å²) in [5.41, 5.74) is 2.89. The van der Waals surface area contributed by atoms with Crippen LogP contribution in [0.5, 0.6) is 0 Å². The molecule has 90 valence electrons. The van der Waals surface area contributed by atoms with Crippen LogP contribution in [-0.2, 0) is 5.75 Å². The summed E-state index contributed by atoms with van der Waals surface area (Å²) in [6.45, 7) is 0. The summed E-state index contributed by atoms with van der Waals surface area (Å²) in [6.07, 6.45) is 9.32. The summed E-state index contributed by atoms with van der Waals surface area (Å²) in [4.78, 5) is 0. The SMILES string of the molecule is C1=CC(CSSSCc2ccccc2)=CCC1. The van der Waals surface area contributed by atoms with Crippen LogP contribution in [-0.4, -0.2) is 5.75 Å². The summed E-state index contributed by atoms with van der Waals surface area (Å²) < 4.78 is 0. The molecular weight excluding hydrogens is 264 g/mol. The van der Waals surface area contributed by atoms with Crippen molar-refractivity contribution in [3.63, 3.8) is 0 Å². The lowest BCUT2D eigenvalue weighted by Crippen LogP contribution is -1.86. The molecule has 1 aromatic rings. The average Bonchev–Trinajstić information content (AvgIpc) is 2.41. The van der Waals surface area contributed by atoms with E-state index in [1.807, 2.05) is 31.4 Å². The van der Waals surface area contributed by atoms with Crippen LogP contribution < -0.4 is 0 Å². The molecular formula is C14H16S3. The van der Waals surface area contributed by atoms with Crippen molar-refractivity contribution in [2.24, 2.45) is 0 Å². The van der Waals surface area contributed by atoms with E-state index in [9.17, 15) is 0 Å². The number of hydrogen-bond acceptors (Lipinski definition) is 3. The molecule has 0 saturated carbocycles. The predicted molar refractivity (Wildman–Crippen MR) is 84.2 cm³/mol. The van der Waals surface area contributed by atoms with Gasteiger partial charge in [-0.25, -0.2) is 0 Å². The highest BCUT2D eigenvalue weighted by Gasteiger charge is 1.99. The molecule has 17 heavy (non-hydrogen) atoms. The topological polar surface area (TPSA) is 0 Å². The zero-order valence-corrected chi connectivity index (χ0v) is 12.1. The highest BCUT2D eigenvalue weighted by atomic mass is 33.5. The molecule has 0 N–H and O–H groups in total. The van der Waals surface area contributed by atoms with Crippen LogP contribution in [0.1, 0.15) is 18.4 Å². The maximum absolute atomic E-state index is 2.36. The van der Waals surface area contributed by atoms with E-state index in [0.717, 1.165) is 11.5 Å². The van der Waals surface area contributed by atoms with Crippen molar-refractivity contribution in [3.05, 3.63) is 59.7 Å². The molecule has 1 aliphatic carbocycles. The highest BCUT2D eigenvalue weighted by molar-refractivity contribution is 9.09. The first-order chi connectivity index (χ1) is 8.45. The molecule has 2 rings (SSSR count). The van der Waals surface area contributed by atoms with Crippen LogP contribution in [0.25, 0.3) is 0 Å². The molecule has 0 saturated heterocycles. The molecule has 3 heteroatoms. The third-order valence-electron chi connectivity index (χ3n) is 2.46. The summed E-state index contributed by atoms with van der Waals surface area (Å²) in [5, 5.41) is 0. The zero-order valence-electron chi connectivity index (χ0n) is 9.67. The second-order valence-electron chi connectivity index (χ2n) is 3.84. The third-order valence-corrected chi connectivity index (χ3v) is 6.57. The fourth-order valence-electron chi connectivity index (χ4n) is 1.57. The highest BCUT2D eigenvalue weighted by Crippen LogP contribution is 2.38. The van der Waals surface area contributed by atoms with Crippen LogP contribution in [0.15, 0.2) is 54.1 Å². The van der Waals surface area contributed by atoms with Crippen LogP contribution >= 0.6 is 31.4 Å². The summed E-state index contributed by atoms with van der Waals surface area (Å²) in [5.74, 6) is 2.22. The first kappa shape index (κ1) is 13.2. The first-order valence-electron chi connectivity index (χ1n) is 5.76. The van der Waals surface area contributed by atoms with Gasteiger partial charge in [-0.1, -0.05) is 70.1 Å². The van der Waals surface area contributed by atoms with Gasteiger partial charge in [-0.15, -0.1) is 0 Å². The maximum Gasteiger partial charge on any atom is 0.0296 e. The molecule has 0 atom stereocenters. The molecule has 0 nitrogen and oxygen atoms in total. The normalized spacial score (nSPS) is 14.7. The van der Waals surface area contributed by atoms with Crippen molar-refractivity contribution in [1.29, 1.82) is 0 Å². The van der Waals surface area contributed by atoms with Gasteiger partial charge in [0.05, 0.1) is 0 Å². The van der Waals surface area contributed by atoms with E-state index in [1.165, 1.54) is 24.0 Å².